The van der Waals surface area contributed by atoms with Gasteiger partial charge in [0, 0.05) is 5.92 Å². The molecule has 0 aliphatic carbocycles. The molecule has 21 heavy (non-hydrogen) atoms. The van der Waals surface area contributed by atoms with Gasteiger partial charge >= 0.3 is 5.97 Å². The van der Waals surface area contributed by atoms with E-state index in [0.29, 0.717) is 18.7 Å². The number of aliphatic carboxylic acids is 1. The van der Waals surface area contributed by atoms with Gasteiger partial charge in [0.2, 0.25) is 0 Å². The van der Waals surface area contributed by atoms with Crippen LogP contribution in [-0.2, 0) is 4.79 Å². The molecule has 1 amide bonds. The number of carboxylic acid groups (broad SMARTS) is 1. The summed E-state index contributed by atoms with van der Waals surface area (Å²) in [7, 11) is 0. The first kappa shape index (κ1) is 17.4. The first-order chi connectivity index (χ1) is 9.71. The van der Waals surface area contributed by atoms with Gasteiger partial charge in [-0.15, -0.1) is 0 Å². The molecule has 1 heterocycles. The number of hydrogen-bond donors (Lipinski definition) is 2. The molecule has 116 valence electrons. The Morgan fingerprint density at radius 3 is 2.57 bits per heavy atom. The van der Waals surface area contributed by atoms with E-state index in [9.17, 15) is 14.7 Å². The largest absolute Gasteiger partial charge is 0.480 e. The van der Waals surface area contributed by atoms with Crippen LogP contribution in [0.15, 0.2) is 6.20 Å². The molecule has 1 unspecified atom stereocenters. The average Bonchev–Trinajstić information content (AvgIpc) is 2.38. The van der Waals surface area contributed by atoms with Gasteiger partial charge in [-0.2, -0.15) is 0 Å². The summed E-state index contributed by atoms with van der Waals surface area (Å²) in [4.78, 5) is 31.8. The highest BCUT2D eigenvalue weighted by Gasteiger charge is 2.35. The summed E-state index contributed by atoms with van der Waals surface area (Å²) in [5.74, 6) is -1.18. The molecule has 6 nitrogen and oxygen atoms in total. The molecule has 0 saturated carbocycles. The molecule has 1 aromatic rings. The zero-order valence-corrected chi connectivity index (χ0v) is 13.4. The highest BCUT2D eigenvalue weighted by Crippen LogP contribution is 2.19. The minimum atomic E-state index is -1.35. The lowest BCUT2D eigenvalue weighted by Gasteiger charge is -2.25. The number of amides is 1. The normalized spacial score (nSPS) is 13.8. The summed E-state index contributed by atoms with van der Waals surface area (Å²) in [5.41, 5.74) is -1.35. The summed E-state index contributed by atoms with van der Waals surface area (Å²) in [6, 6.07) is 0. The minimum absolute atomic E-state index is 0.000977. The predicted octanol–water partition coefficient (Wildman–Crippen LogP) is 2.63. The number of carbonyl (C=O) groups excluding carboxylic acids is 1. The lowest BCUT2D eigenvalue weighted by atomic mass is 9.96. The molecular formula is C14H20ClN3O3. The van der Waals surface area contributed by atoms with Crippen molar-refractivity contribution in [1.29, 1.82) is 0 Å². The molecular weight excluding hydrogens is 294 g/mol. The van der Waals surface area contributed by atoms with Crippen LogP contribution < -0.4 is 5.32 Å². The predicted molar refractivity (Wildman–Crippen MR) is 79.5 cm³/mol. The Kier molecular flexibility index (Phi) is 5.66. The van der Waals surface area contributed by atoms with E-state index < -0.39 is 17.4 Å². The van der Waals surface area contributed by atoms with E-state index in [1.54, 1.807) is 0 Å². The van der Waals surface area contributed by atoms with Crippen LogP contribution in [0.25, 0.3) is 0 Å². The van der Waals surface area contributed by atoms with Gasteiger partial charge in [0.25, 0.3) is 5.91 Å². The highest BCUT2D eigenvalue weighted by molar-refractivity contribution is 6.33. The summed E-state index contributed by atoms with van der Waals surface area (Å²) in [6.07, 6.45) is 2.29. The minimum Gasteiger partial charge on any atom is -0.480 e. The SMILES string of the molecule is CCCC(C)(NC(=O)c1nc(C(C)C)ncc1Cl)C(=O)O. The Hall–Kier alpha value is -1.69. The van der Waals surface area contributed by atoms with Gasteiger partial charge in [-0.05, 0) is 13.3 Å². The Bertz CT molecular complexity index is 548. The summed E-state index contributed by atoms with van der Waals surface area (Å²) >= 11 is 5.95. The number of rotatable bonds is 6. The van der Waals surface area contributed by atoms with Crippen LogP contribution in [-0.4, -0.2) is 32.5 Å². The molecule has 1 rings (SSSR count). The topological polar surface area (TPSA) is 92.2 Å². The van der Waals surface area contributed by atoms with Crippen molar-refractivity contribution in [2.24, 2.45) is 0 Å². The second kappa shape index (κ2) is 6.85. The van der Waals surface area contributed by atoms with Gasteiger partial charge in [0.05, 0.1) is 11.2 Å². The van der Waals surface area contributed by atoms with Gasteiger partial charge in [-0.3, -0.25) is 4.79 Å². The summed E-state index contributed by atoms with van der Waals surface area (Å²) < 4.78 is 0. The number of carbonyl (C=O) groups is 2. The van der Waals surface area contributed by atoms with E-state index in [1.165, 1.54) is 13.1 Å². The van der Waals surface area contributed by atoms with E-state index in [1.807, 2.05) is 20.8 Å². The van der Waals surface area contributed by atoms with Crippen LogP contribution in [0.1, 0.15) is 62.8 Å². The quantitative estimate of drug-likeness (QED) is 0.842. The van der Waals surface area contributed by atoms with Crippen LogP contribution in [0.2, 0.25) is 5.02 Å². The Morgan fingerprint density at radius 1 is 1.48 bits per heavy atom. The van der Waals surface area contributed by atoms with Crippen LogP contribution in [0.5, 0.6) is 0 Å². The molecule has 7 heteroatoms. The molecule has 0 aliphatic rings. The summed E-state index contributed by atoms with van der Waals surface area (Å²) in [5, 5.41) is 11.9. The Labute approximate surface area is 128 Å². The van der Waals surface area contributed by atoms with Crippen LogP contribution in [0.4, 0.5) is 0 Å². The fourth-order valence-electron chi connectivity index (χ4n) is 1.85. The fourth-order valence-corrected chi connectivity index (χ4v) is 2.03. The van der Waals surface area contributed by atoms with Crippen molar-refractivity contribution in [2.75, 3.05) is 0 Å². The smallest absolute Gasteiger partial charge is 0.329 e. The van der Waals surface area contributed by atoms with Gasteiger partial charge in [0.15, 0.2) is 0 Å². The molecule has 2 N–H and O–H groups in total. The van der Waals surface area contributed by atoms with Crippen LogP contribution >= 0.6 is 11.6 Å². The summed E-state index contributed by atoms with van der Waals surface area (Å²) in [6.45, 7) is 7.10. The molecule has 0 aromatic carbocycles. The van der Waals surface area contributed by atoms with Gasteiger partial charge < -0.3 is 10.4 Å². The molecule has 0 bridgehead atoms. The maximum Gasteiger partial charge on any atom is 0.329 e. The van der Waals surface area contributed by atoms with Gasteiger partial charge in [-0.25, -0.2) is 14.8 Å². The molecule has 0 spiro atoms. The number of nitrogens with zero attached hydrogens (tertiary/aromatic N) is 2. The number of hydrogen-bond acceptors (Lipinski definition) is 4. The monoisotopic (exact) mass is 313 g/mol. The van der Waals surface area contributed by atoms with Crippen molar-refractivity contribution in [2.45, 2.75) is 52.0 Å². The standard InChI is InChI=1S/C14H20ClN3O3/c1-5-6-14(4,13(20)21)18-12(19)10-9(15)7-16-11(17-10)8(2)3/h7-8H,5-6H2,1-4H3,(H,18,19)(H,20,21). The lowest BCUT2D eigenvalue weighted by Crippen LogP contribution is -2.52. The average molecular weight is 314 g/mol. The van der Waals surface area contributed by atoms with Crippen molar-refractivity contribution in [3.05, 3.63) is 22.7 Å². The second-order valence-corrected chi connectivity index (χ2v) is 5.83. The van der Waals surface area contributed by atoms with E-state index in [0.717, 1.165) is 0 Å². The Balaban J connectivity index is 3.08. The maximum absolute atomic E-state index is 12.3. The maximum atomic E-state index is 12.3. The van der Waals surface area contributed by atoms with Crippen LogP contribution in [0, 0.1) is 0 Å². The van der Waals surface area contributed by atoms with Gasteiger partial charge in [0.1, 0.15) is 17.1 Å². The number of nitrogens with one attached hydrogen (secondary N) is 1. The van der Waals surface area contributed by atoms with Crippen molar-refractivity contribution in [3.8, 4) is 0 Å². The number of halogens is 1. The Morgan fingerprint density at radius 2 is 2.10 bits per heavy atom. The fraction of sp³-hybridized carbons (Fsp3) is 0.571. The van der Waals surface area contributed by atoms with E-state index >= 15 is 0 Å². The van der Waals surface area contributed by atoms with Crippen LogP contribution in [0.3, 0.4) is 0 Å². The van der Waals surface area contributed by atoms with Crippen molar-refractivity contribution in [1.82, 2.24) is 15.3 Å². The third-order valence-corrected chi connectivity index (χ3v) is 3.38. The van der Waals surface area contributed by atoms with Crippen molar-refractivity contribution < 1.29 is 14.7 Å². The van der Waals surface area contributed by atoms with Crippen molar-refractivity contribution in [3.63, 3.8) is 0 Å². The number of aromatic nitrogens is 2. The van der Waals surface area contributed by atoms with E-state index in [4.69, 9.17) is 11.6 Å². The lowest BCUT2D eigenvalue weighted by molar-refractivity contribution is -0.144. The zero-order chi connectivity index (χ0) is 16.2. The number of carboxylic acids is 1. The highest BCUT2D eigenvalue weighted by atomic mass is 35.5. The zero-order valence-electron chi connectivity index (χ0n) is 12.6. The molecule has 0 fully saturated rings. The van der Waals surface area contributed by atoms with Crippen molar-refractivity contribution >= 4 is 23.5 Å². The third-order valence-electron chi connectivity index (χ3n) is 3.11. The van der Waals surface area contributed by atoms with Gasteiger partial charge in [-0.1, -0.05) is 38.8 Å². The first-order valence-corrected chi connectivity index (χ1v) is 7.17. The molecule has 0 saturated heterocycles. The molecule has 1 aromatic heterocycles. The van der Waals surface area contributed by atoms with E-state index in [2.05, 4.69) is 15.3 Å². The third kappa shape index (κ3) is 4.14. The molecule has 1 atom stereocenters. The first-order valence-electron chi connectivity index (χ1n) is 6.79. The molecule has 0 radical (unpaired) electrons. The molecule has 0 aliphatic heterocycles. The second-order valence-electron chi connectivity index (χ2n) is 5.42. The van der Waals surface area contributed by atoms with E-state index in [-0.39, 0.29) is 16.6 Å².